The van der Waals surface area contributed by atoms with Crippen molar-refractivity contribution >= 4 is 17.7 Å². The average Bonchev–Trinajstić information content (AvgIpc) is 3.09. The number of nitrogens with one attached hydrogen (secondary N) is 1. The minimum atomic E-state index is -0.262. The summed E-state index contributed by atoms with van der Waals surface area (Å²) < 4.78 is 1.92. The molecule has 1 amide bonds. The predicted octanol–water partition coefficient (Wildman–Crippen LogP) is 3.55. The Hall–Kier alpha value is -2.67. The Labute approximate surface area is 168 Å². The number of fused-ring (bicyclic) bond motifs is 1. The second kappa shape index (κ2) is 8.14. The van der Waals surface area contributed by atoms with Gasteiger partial charge in [0, 0.05) is 25.0 Å². The van der Waals surface area contributed by atoms with Crippen molar-refractivity contribution < 1.29 is 4.79 Å². The van der Waals surface area contributed by atoms with Crippen LogP contribution in [0.1, 0.15) is 36.9 Å². The molecule has 0 aliphatic heterocycles. The molecule has 144 valence electrons. The highest BCUT2D eigenvalue weighted by Gasteiger charge is 2.25. The molecule has 1 aliphatic rings. The van der Waals surface area contributed by atoms with Gasteiger partial charge in [0.1, 0.15) is 0 Å². The quantitative estimate of drug-likeness (QED) is 0.671. The van der Waals surface area contributed by atoms with E-state index >= 15 is 0 Å². The van der Waals surface area contributed by atoms with E-state index in [9.17, 15) is 4.79 Å². The van der Waals surface area contributed by atoms with Crippen LogP contribution in [0.2, 0.25) is 0 Å². The maximum atomic E-state index is 12.8. The summed E-state index contributed by atoms with van der Waals surface area (Å²) in [7, 11) is 1.92. The molecule has 0 bridgehead atoms. The van der Waals surface area contributed by atoms with Crippen LogP contribution in [0.3, 0.4) is 0 Å². The Morgan fingerprint density at radius 1 is 1.21 bits per heavy atom. The van der Waals surface area contributed by atoms with Crippen molar-refractivity contribution in [2.45, 2.75) is 42.6 Å². The average molecular weight is 394 g/mol. The summed E-state index contributed by atoms with van der Waals surface area (Å²) in [6, 6.07) is 12.3. The van der Waals surface area contributed by atoms with Crippen LogP contribution in [-0.4, -0.2) is 30.9 Å². The van der Waals surface area contributed by atoms with Crippen molar-refractivity contribution in [3.05, 3.63) is 59.9 Å². The van der Waals surface area contributed by atoms with Crippen LogP contribution in [0, 0.1) is 0 Å². The first kappa shape index (κ1) is 18.7. The van der Waals surface area contributed by atoms with Gasteiger partial charge in [0.25, 0.3) is 0 Å². The standard InChI is InChI=1S/C21H23N5OS/c1-14(20(27)23-18-9-5-7-15-6-3-4-8-17(15)18)28-21-25-24-19(26(21)2)16-10-12-22-13-11-16/h3-4,6,8,10-14,18H,5,7,9H2,1-2H3,(H,23,27)/t14-,18-/m1/s1. The summed E-state index contributed by atoms with van der Waals surface area (Å²) in [5.41, 5.74) is 3.54. The zero-order chi connectivity index (χ0) is 19.5. The molecule has 0 radical (unpaired) electrons. The SMILES string of the molecule is C[C@@H](Sc1nnc(-c2ccncc2)n1C)C(=O)N[C@@H]1CCCc2ccccc21. The number of aryl methyl sites for hydroxylation is 1. The molecule has 2 atom stereocenters. The number of carbonyl (C=O) groups excluding carboxylic acids is 1. The van der Waals surface area contributed by atoms with Gasteiger partial charge in [0.2, 0.25) is 5.91 Å². The molecule has 0 saturated carbocycles. The van der Waals surface area contributed by atoms with Crippen LogP contribution in [-0.2, 0) is 18.3 Å². The molecule has 0 saturated heterocycles. The number of carbonyl (C=O) groups is 1. The highest BCUT2D eigenvalue weighted by molar-refractivity contribution is 8.00. The number of amides is 1. The minimum absolute atomic E-state index is 0.0279. The molecule has 1 aliphatic carbocycles. The fourth-order valence-corrected chi connectivity index (χ4v) is 4.40. The highest BCUT2D eigenvalue weighted by atomic mass is 32.2. The van der Waals surface area contributed by atoms with E-state index in [2.05, 4.69) is 38.7 Å². The van der Waals surface area contributed by atoms with E-state index in [0.29, 0.717) is 0 Å². The smallest absolute Gasteiger partial charge is 0.233 e. The van der Waals surface area contributed by atoms with E-state index in [0.717, 1.165) is 35.8 Å². The van der Waals surface area contributed by atoms with Gasteiger partial charge in [0.15, 0.2) is 11.0 Å². The van der Waals surface area contributed by atoms with Gasteiger partial charge in [-0.05, 0) is 49.4 Å². The molecule has 0 spiro atoms. The van der Waals surface area contributed by atoms with Crippen LogP contribution in [0.5, 0.6) is 0 Å². The monoisotopic (exact) mass is 393 g/mol. The summed E-state index contributed by atoms with van der Waals surface area (Å²) in [5.74, 6) is 0.791. The third-order valence-electron chi connectivity index (χ3n) is 5.11. The number of nitrogens with zero attached hydrogens (tertiary/aromatic N) is 4. The first-order valence-electron chi connectivity index (χ1n) is 9.48. The summed E-state index contributed by atoms with van der Waals surface area (Å²) in [5, 5.41) is 12.2. The normalized spacial score (nSPS) is 17.0. The topological polar surface area (TPSA) is 72.7 Å². The van der Waals surface area contributed by atoms with Crippen molar-refractivity contribution in [1.29, 1.82) is 0 Å². The molecule has 1 aromatic carbocycles. The molecule has 3 aromatic rings. The lowest BCUT2D eigenvalue weighted by molar-refractivity contribution is -0.121. The lowest BCUT2D eigenvalue weighted by Gasteiger charge is -2.27. The Bertz CT molecular complexity index is 972. The summed E-state index contributed by atoms with van der Waals surface area (Å²) in [6.07, 6.45) is 6.63. The largest absolute Gasteiger partial charge is 0.348 e. The number of benzene rings is 1. The van der Waals surface area contributed by atoms with E-state index in [4.69, 9.17) is 0 Å². The van der Waals surface area contributed by atoms with Crippen LogP contribution in [0.15, 0.2) is 53.9 Å². The third kappa shape index (κ3) is 3.80. The van der Waals surface area contributed by atoms with Gasteiger partial charge in [-0.25, -0.2) is 0 Å². The maximum absolute atomic E-state index is 12.8. The number of pyridine rings is 1. The van der Waals surface area contributed by atoms with Gasteiger partial charge in [0.05, 0.1) is 11.3 Å². The molecule has 6 nitrogen and oxygen atoms in total. The first-order valence-corrected chi connectivity index (χ1v) is 10.4. The van der Waals surface area contributed by atoms with E-state index in [1.54, 1.807) is 12.4 Å². The Morgan fingerprint density at radius 3 is 2.82 bits per heavy atom. The molecule has 0 unspecified atom stereocenters. The summed E-state index contributed by atoms with van der Waals surface area (Å²) >= 11 is 1.43. The Balaban J connectivity index is 1.44. The molecule has 2 aromatic heterocycles. The van der Waals surface area contributed by atoms with E-state index in [1.165, 1.54) is 22.9 Å². The maximum Gasteiger partial charge on any atom is 0.233 e. The fraction of sp³-hybridized carbons (Fsp3) is 0.333. The third-order valence-corrected chi connectivity index (χ3v) is 6.24. The zero-order valence-electron chi connectivity index (χ0n) is 16.0. The molecular weight excluding hydrogens is 370 g/mol. The second-order valence-electron chi connectivity index (χ2n) is 7.01. The molecule has 4 rings (SSSR count). The molecule has 2 heterocycles. The van der Waals surface area contributed by atoms with E-state index in [-0.39, 0.29) is 17.2 Å². The minimum Gasteiger partial charge on any atom is -0.348 e. The van der Waals surface area contributed by atoms with Crippen LogP contribution in [0.4, 0.5) is 0 Å². The Kier molecular flexibility index (Phi) is 5.43. The number of thioether (sulfide) groups is 1. The van der Waals surface area contributed by atoms with Crippen LogP contribution in [0.25, 0.3) is 11.4 Å². The molecule has 28 heavy (non-hydrogen) atoms. The summed E-state index contributed by atoms with van der Waals surface area (Å²) in [4.78, 5) is 16.9. The van der Waals surface area contributed by atoms with Gasteiger partial charge >= 0.3 is 0 Å². The van der Waals surface area contributed by atoms with Crippen molar-refractivity contribution in [3.63, 3.8) is 0 Å². The van der Waals surface area contributed by atoms with Crippen molar-refractivity contribution in [2.75, 3.05) is 0 Å². The molecule has 0 fully saturated rings. The van der Waals surface area contributed by atoms with Gasteiger partial charge in [-0.15, -0.1) is 10.2 Å². The summed E-state index contributed by atoms with van der Waals surface area (Å²) in [6.45, 7) is 1.91. The van der Waals surface area contributed by atoms with Crippen molar-refractivity contribution in [2.24, 2.45) is 7.05 Å². The second-order valence-corrected chi connectivity index (χ2v) is 8.32. The van der Waals surface area contributed by atoms with Crippen LogP contribution >= 0.6 is 11.8 Å². The van der Waals surface area contributed by atoms with E-state index < -0.39 is 0 Å². The number of hydrogen-bond donors (Lipinski definition) is 1. The van der Waals surface area contributed by atoms with Crippen molar-refractivity contribution in [3.8, 4) is 11.4 Å². The van der Waals surface area contributed by atoms with Gasteiger partial charge in [-0.1, -0.05) is 36.0 Å². The molecule has 7 heteroatoms. The lowest BCUT2D eigenvalue weighted by Crippen LogP contribution is -2.36. The van der Waals surface area contributed by atoms with Crippen molar-refractivity contribution in [1.82, 2.24) is 25.1 Å². The van der Waals surface area contributed by atoms with Gasteiger partial charge in [-0.2, -0.15) is 0 Å². The number of rotatable bonds is 5. The molecule has 1 N–H and O–H groups in total. The highest BCUT2D eigenvalue weighted by Crippen LogP contribution is 2.31. The first-order chi connectivity index (χ1) is 13.6. The zero-order valence-corrected chi connectivity index (χ0v) is 16.8. The predicted molar refractivity (Wildman–Crippen MR) is 110 cm³/mol. The fourth-order valence-electron chi connectivity index (χ4n) is 3.57. The van der Waals surface area contributed by atoms with Crippen LogP contribution < -0.4 is 5.32 Å². The number of aromatic nitrogens is 4. The molecular formula is C21H23N5OS. The Morgan fingerprint density at radius 2 is 2.00 bits per heavy atom. The van der Waals surface area contributed by atoms with E-state index in [1.807, 2.05) is 36.7 Å². The van der Waals surface area contributed by atoms with Gasteiger partial charge in [-0.3, -0.25) is 9.78 Å². The van der Waals surface area contributed by atoms with Gasteiger partial charge < -0.3 is 9.88 Å². The number of hydrogen-bond acceptors (Lipinski definition) is 5. The lowest BCUT2D eigenvalue weighted by atomic mass is 9.88.